The molecule has 0 unspecified atom stereocenters. The molecule has 0 fully saturated rings. The fourth-order valence-corrected chi connectivity index (χ4v) is 4.43. The van der Waals surface area contributed by atoms with Gasteiger partial charge in [-0.2, -0.15) is 0 Å². The molecule has 2 atom stereocenters. The van der Waals surface area contributed by atoms with Gasteiger partial charge in [0, 0.05) is 13.0 Å². The van der Waals surface area contributed by atoms with E-state index in [0.717, 1.165) is 19.3 Å². The van der Waals surface area contributed by atoms with E-state index >= 15 is 0 Å². The minimum absolute atomic E-state index is 0. The van der Waals surface area contributed by atoms with E-state index < -0.39 is 12.0 Å². The van der Waals surface area contributed by atoms with Crippen LogP contribution in [0.1, 0.15) is 156 Å². The van der Waals surface area contributed by atoms with Crippen LogP contribution in [-0.2, 0) is 9.59 Å². The summed E-state index contributed by atoms with van der Waals surface area (Å²) in [5.41, 5.74) is 0. The van der Waals surface area contributed by atoms with Gasteiger partial charge in [0.2, 0.25) is 5.91 Å². The largest absolute Gasteiger partial charge is 1.00 e. The van der Waals surface area contributed by atoms with Crippen LogP contribution >= 0.6 is 0 Å². The quantitative estimate of drug-likeness (QED) is 0.0755. The number of unbranched alkanes of at least 4 members (excludes halogenated alkanes) is 16. The maximum atomic E-state index is 12.6. The summed E-state index contributed by atoms with van der Waals surface area (Å²) < 4.78 is 0. The minimum Gasteiger partial charge on any atom is -0.862 e. The van der Waals surface area contributed by atoms with Gasteiger partial charge in [-0.25, -0.2) is 0 Å². The van der Waals surface area contributed by atoms with Crippen molar-refractivity contribution >= 4 is 17.8 Å². The fourth-order valence-electron chi connectivity index (χ4n) is 4.43. The van der Waals surface area contributed by atoms with E-state index in [-0.39, 0.29) is 60.1 Å². The Bertz CT molecular complexity index is 572. The zero-order chi connectivity index (χ0) is 26.9. The van der Waals surface area contributed by atoms with Crippen LogP contribution in [0.4, 0.5) is 0 Å². The molecule has 0 saturated heterocycles. The van der Waals surface area contributed by atoms with Crippen LogP contribution in [0.3, 0.4) is 0 Å². The first-order valence-corrected chi connectivity index (χ1v) is 15.2. The van der Waals surface area contributed by atoms with E-state index in [9.17, 15) is 14.7 Å². The van der Waals surface area contributed by atoms with Crippen LogP contribution in [0, 0.1) is 5.92 Å². The summed E-state index contributed by atoms with van der Waals surface area (Å²) >= 11 is 0. The fraction of sp³-hybridized carbons (Fsp3) is 0.900. The van der Waals surface area contributed by atoms with Crippen LogP contribution in [0.25, 0.3) is 0 Å². The van der Waals surface area contributed by atoms with Gasteiger partial charge in [0.15, 0.2) is 0 Å². The summed E-state index contributed by atoms with van der Waals surface area (Å²) in [5, 5.41) is 23.8. The zero-order valence-corrected chi connectivity index (χ0v) is 26.8. The van der Waals surface area contributed by atoms with Crippen LogP contribution in [0.5, 0.6) is 0 Å². The van der Waals surface area contributed by atoms with E-state index in [1.54, 1.807) is 0 Å². The monoisotopic (exact) mass is 532 g/mol. The molecule has 37 heavy (non-hydrogen) atoms. The van der Waals surface area contributed by atoms with Crippen molar-refractivity contribution in [3.63, 3.8) is 0 Å². The van der Waals surface area contributed by atoms with Crippen LogP contribution in [0.2, 0.25) is 0 Å². The number of carbonyl (C=O) groups is 2. The first-order chi connectivity index (χ1) is 17.4. The molecule has 0 saturated carbocycles. The van der Waals surface area contributed by atoms with Crippen molar-refractivity contribution in [1.29, 1.82) is 0 Å². The summed E-state index contributed by atoms with van der Waals surface area (Å²) in [6.07, 6.45) is 23.1. The molecule has 0 aromatic heterocycles. The number of hydrogen-bond donors (Lipinski definition) is 2. The number of amides is 1. The molecule has 2 N–H and O–H groups in total. The molecule has 0 aromatic carbocycles. The van der Waals surface area contributed by atoms with Crippen molar-refractivity contribution in [3.05, 3.63) is 0 Å². The molecule has 6 nitrogen and oxygen atoms in total. The molecule has 0 rings (SSSR count). The van der Waals surface area contributed by atoms with Gasteiger partial charge in [-0.15, -0.1) is 0 Å². The van der Waals surface area contributed by atoms with Gasteiger partial charge < -0.3 is 15.5 Å². The van der Waals surface area contributed by atoms with E-state index in [4.69, 9.17) is 5.11 Å². The Morgan fingerprint density at radius 1 is 0.730 bits per heavy atom. The van der Waals surface area contributed by atoms with Gasteiger partial charge in [0.1, 0.15) is 6.04 Å². The molecule has 0 heterocycles. The van der Waals surface area contributed by atoms with Crippen molar-refractivity contribution in [3.8, 4) is 0 Å². The molecule has 0 radical (unpaired) electrons. The smallest absolute Gasteiger partial charge is 0.862 e. The third-order valence-corrected chi connectivity index (χ3v) is 7.10. The van der Waals surface area contributed by atoms with Crippen molar-refractivity contribution in [1.82, 2.24) is 5.32 Å². The zero-order valence-electron chi connectivity index (χ0n) is 24.8. The number of carboxylic acid groups (broad SMARTS) is 1. The summed E-state index contributed by atoms with van der Waals surface area (Å²) in [6, 6.07) is -0.650. The Labute approximate surface area is 250 Å². The second kappa shape index (κ2) is 28.4. The molecular formula is C30H57N2NaO4. The van der Waals surface area contributed by atoms with E-state index in [1.165, 1.54) is 89.9 Å². The topological polar surface area (TPSA) is 102 Å². The van der Waals surface area contributed by atoms with Gasteiger partial charge >= 0.3 is 35.5 Å². The van der Waals surface area contributed by atoms with Crippen molar-refractivity contribution in [2.75, 3.05) is 6.54 Å². The number of carboxylic acids is 1. The summed E-state index contributed by atoms with van der Waals surface area (Å²) in [6.45, 7) is 6.84. The second-order valence-electron chi connectivity index (χ2n) is 10.5. The Morgan fingerprint density at radius 3 is 1.59 bits per heavy atom. The Balaban J connectivity index is 0. The number of carbonyl (C=O) groups excluding carboxylic acids is 1. The van der Waals surface area contributed by atoms with E-state index in [2.05, 4.69) is 17.2 Å². The van der Waals surface area contributed by atoms with Gasteiger partial charge in [-0.1, -0.05) is 124 Å². The first-order valence-electron chi connectivity index (χ1n) is 15.2. The molecular weight excluding hydrogens is 475 g/mol. The molecule has 0 aliphatic rings. The average molecular weight is 533 g/mol. The van der Waals surface area contributed by atoms with Crippen LogP contribution in [0.15, 0.2) is 4.99 Å². The number of hydrogen-bond acceptors (Lipinski definition) is 4. The maximum absolute atomic E-state index is 12.6. The number of rotatable bonds is 26. The third-order valence-electron chi connectivity index (χ3n) is 7.10. The maximum Gasteiger partial charge on any atom is 1.00 e. The first kappa shape index (κ1) is 38.6. The molecule has 0 aromatic rings. The Kier molecular flexibility index (Phi) is 29.6. The van der Waals surface area contributed by atoms with Crippen molar-refractivity contribution in [2.24, 2.45) is 10.9 Å². The predicted octanol–water partition coefficient (Wildman–Crippen LogP) is 4.19. The van der Waals surface area contributed by atoms with Crippen molar-refractivity contribution in [2.45, 2.75) is 162 Å². The SMILES string of the molecule is CCCCCCCCCCCCCCCCCCNC(=O)[C@@H](N=C([O-])CCCCC(=O)O)[C@@H](C)CC.[Na+]. The molecule has 0 spiro atoms. The summed E-state index contributed by atoms with van der Waals surface area (Å²) in [5.74, 6) is -1.32. The summed E-state index contributed by atoms with van der Waals surface area (Å²) in [4.78, 5) is 27.4. The molecule has 7 heteroatoms. The molecule has 0 aliphatic heterocycles. The number of aliphatic carboxylic acids is 1. The van der Waals surface area contributed by atoms with Crippen LogP contribution in [-0.4, -0.2) is 35.5 Å². The summed E-state index contributed by atoms with van der Waals surface area (Å²) in [7, 11) is 0. The standard InChI is InChI=1S/C30H58N2O4.Na/c1-4-6-7-8-9-10-11-12-13-14-15-16-17-18-19-22-25-31-30(36)29(26(3)5-2)32-27(33)23-20-21-24-28(34)35;/h26,29H,4-25H2,1-3H3,(H,31,36)(H,32,33)(H,34,35);/q;+1/p-1/t26-,29-;/m0./s1. The van der Waals surface area contributed by atoms with Gasteiger partial charge in [0.25, 0.3) is 0 Å². The second-order valence-corrected chi connectivity index (χ2v) is 10.5. The Hall–Kier alpha value is -0.590. The predicted molar refractivity (Wildman–Crippen MR) is 149 cm³/mol. The van der Waals surface area contributed by atoms with Crippen molar-refractivity contribution < 1.29 is 49.4 Å². The normalized spacial score (nSPS) is 13.1. The Morgan fingerprint density at radius 2 is 1.16 bits per heavy atom. The molecule has 212 valence electrons. The van der Waals surface area contributed by atoms with E-state index in [1.807, 2.05) is 13.8 Å². The molecule has 1 amide bonds. The number of nitrogens with zero attached hydrogens (tertiary/aromatic N) is 1. The number of aliphatic imine (C=N–C) groups is 1. The van der Waals surface area contributed by atoms with Gasteiger partial charge in [0.05, 0.1) is 0 Å². The molecule has 0 aliphatic carbocycles. The van der Waals surface area contributed by atoms with Gasteiger partial charge in [-0.05, 0) is 37.5 Å². The number of nitrogens with one attached hydrogen (secondary N) is 1. The molecule has 0 bridgehead atoms. The van der Waals surface area contributed by atoms with Crippen LogP contribution < -0.4 is 40.0 Å². The minimum atomic E-state index is -0.856. The van der Waals surface area contributed by atoms with Gasteiger partial charge in [-0.3, -0.25) is 14.6 Å². The third kappa shape index (κ3) is 25.4. The van der Waals surface area contributed by atoms with E-state index in [0.29, 0.717) is 19.4 Å². The average Bonchev–Trinajstić information content (AvgIpc) is 2.86.